The lowest BCUT2D eigenvalue weighted by Crippen LogP contribution is -1.97. The van der Waals surface area contributed by atoms with Crippen molar-refractivity contribution >= 4 is 43.5 Å². The van der Waals surface area contributed by atoms with Gasteiger partial charge in [-0.25, -0.2) is 8.78 Å². The maximum Gasteiger partial charge on any atom is 0.160 e. The van der Waals surface area contributed by atoms with Gasteiger partial charge in [0.2, 0.25) is 0 Å². The molecule has 0 amide bonds. The van der Waals surface area contributed by atoms with E-state index in [1.807, 2.05) is 25.1 Å². The molecule has 0 radical (unpaired) electrons. The second-order valence-corrected chi connectivity index (χ2v) is 6.45. The molecule has 0 saturated heterocycles. The molecular formula is C14H9Br2ClF2. The van der Waals surface area contributed by atoms with Crippen molar-refractivity contribution in [2.45, 2.75) is 11.8 Å². The second kappa shape index (κ2) is 5.90. The fraction of sp³-hybridized carbons (Fsp3) is 0.143. The largest absolute Gasteiger partial charge is 0.204 e. The molecule has 0 aliphatic rings. The molecule has 0 aromatic heterocycles. The molecule has 0 saturated carbocycles. The van der Waals surface area contributed by atoms with Crippen LogP contribution < -0.4 is 0 Å². The summed E-state index contributed by atoms with van der Waals surface area (Å²) in [5.41, 5.74) is 2.48. The molecule has 0 bridgehead atoms. The van der Waals surface area contributed by atoms with Crippen LogP contribution in [0.25, 0.3) is 0 Å². The van der Waals surface area contributed by atoms with Gasteiger partial charge in [-0.05, 0) is 47.9 Å². The highest BCUT2D eigenvalue weighted by atomic mass is 79.9. The molecule has 0 aliphatic carbocycles. The maximum atomic E-state index is 13.3. The van der Waals surface area contributed by atoms with Crippen molar-refractivity contribution in [1.29, 1.82) is 0 Å². The molecule has 100 valence electrons. The van der Waals surface area contributed by atoms with Crippen LogP contribution in [0.5, 0.6) is 0 Å². The Morgan fingerprint density at radius 3 is 2.32 bits per heavy atom. The van der Waals surface area contributed by atoms with Crippen LogP contribution in [0.1, 0.15) is 21.5 Å². The van der Waals surface area contributed by atoms with Gasteiger partial charge in [0.1, 0.15) is 0 Å². The lowest BCUT2D eigenvalue weighted by Gasteiger charge is -2.14. The van der Waals surface area contributed by atoms with Crippen LogP contribution in [-0.2, 0) is 0 Å². The van der Waals surface area contributed by atoms with Gasteiger partial charge in [0, 0.05) is 9.50 Å². The van der Waals surface area contributed by atoms with Crippen LogP contribution in [0.3, 0.4) is 0 Å². The van der Waals surface area contributed by atoms with Crippen molar-refractivity contribution < 1.29 is 8.78 Å². The third-order valence-corrected chi connectivity index (χ3v) is 4.48. The third kappa shape index (κ3) is 3.36. The first-order chi connectivity index (χ1) is 8.88. The number of aryl methyl sites for hydroxylation is 1. The van der Waals surface area contributed by atoms with Gasteiger partial charge in [0.15, 0.2) is 11.6 Å². The first-order valence-electron chi connectivity index (χ1n) is 5.44. The van der Waals surface area contributed by atoms with E-state index in [1.165, 1.54) is 0 Å². The Morgan fingerprint density at radius 2 is 1.68 bits per heavy atom. The monoisotopic (exact) mass is 408 g/mol. The molecule has 19 heavy (non-hydrogen) atoms. The van der Waals surface area contributed by atoms with E-state index in [-0.39, 0.29) is 9.85 Å². The zero-order valence-electron chi connectivity index (χ0n) is 9.85. The Bertz CT molecular complexity index is 609. The van der Waals surface area contributed by atoms with E-state index < -0.39 is 11.6 Å². The molecular weight excluding hydrogens is 401 g/mol. The topological polar surface area (TPSA) is 0 Å². The van der Waals surface area contributed by atoms with Crippen LogP contribution >= 0.6 is 43.5 Å². The Balaban J connectivity index is 2.49. The van der Waals surface area contributed by atoms with Gasteiger partial charge in [0.25, 0.3) is 0 Å². The fourth-order valence-electron chi connectivity index (χ4n) is 1.82. The highest BCUT2D eigenvalue weighted by Gasteiger charge is 2.17. The summed E-state index contributed by atoms with van der Waals surface area (Å²) < 4.78 is 27.3. The van der Waals surface area contributed by atoms with E-state index in [9.17, 15) is 8.78 Å². The average molecular weight is 410 g/mol. The van der Waals surface area contributed by atoms with Gasteiger partial charge in [-0.3, -0.25) is 0 Å². The summed E-state index contributed by atoms with van der Waals surface area (Å²) in [6, 6.07) is 7.94. The predicted molar refractivity (Wildman–Crippen MR) is 81.0 cm³/mol. The van der Waals surface area contributed by atoms with Gasteiger partial charge >= 0.3 is 0 Å². The minimum absolute atomic E-state index is 0.193. The summed E-state index contributed by atoms with van der Waals surface area (Å²) in [5.74, 6) is -1.85. The summed E-state index contributed by atoms with van der Waals surface area (Å²) in [7, 11) is 0. The standard InChI is InChI=1S/C14H9Br2ClF2/c1-7-2-8(4-9(15)3-7)14(16)10-5-12(18)13(19)6-11(10)17/h2-6,14H,1H3. The van der Waals surface area contributed by atoms with Gasteiger partial charge in [0.05, 0.1) is 4.83 Å². The molecule has 5 heteroatoms. The molecule has 2 rings (SSSR count). The highest BCUT2D eigenvalue weighted by Crippen LogP contribution is 2.37. The quantitative estimate of drug-likeness (QED) is 0.410. The van der Waals surface area contributed by atoms with E-state index in [1.54, 1.807) is 0 Å². The zero-order valence-corrected chi connectivity index (χ0v) is 13.8. The first-order valence-corrected chi connectivity index (χ1v) is 7.52. The molecule has 2 aromatic rings. The summed E-state index contributed by atoms with van der Waals surface area (Å²) in [6.07, 6.45) is 0. The number of alkyl halides is 1. The molecule has 1 unspecified atom stereocenters. The zero-order chi connectivity index (χ0) is 14.2. The van der Waals surface area contributed by atoms with E-state index in [2.05, 4.69) is 31.9 Å². The smallest absolute Gasteiger partial charge is 0.160 e. The van der Waals surface area contributed by atoms with Gasteiger partial charge < -0.3 is 0 Å². The van der Waals surface area contributed by atoms with E-state index in [0.29, 0.717) is 5.56 Å². The van der Waals surface area contributed by atoms with Crippen LogP contribution in [0, 0.1) is 18.6 Å². The number of benzene rings is 2. The van der Waals surface area contributed by atoms with Crippen LogP contribution in [0.15, 0.2) is 34.8 Å². The lowest BCUT2D eigenvalue weighted by molar-refractivity contribution is 0.507. The van der Waals surface area contributed by atoms with Gasteiger partial charge in [-0.15, -0.1) is 0 Å². The predicted octanol–water partition coefficient (Wildman–Crippen LogP) is 6.17. The van der Waals surface area contributed by atoms with E-state index in [4.69, 9.17) is 11.6 Å². The summed E-state index contributed by atoms with van der Waals surface area (Å²) in [6.45, 7) is 1.96. The van der Waals surface area contributed by atoms with Crippen LogP contribution in [0.2, 0.25) is 5.02 Å². The minimum Gasteiger partial charge on any atom is -0.204 e. The van der Waals surface area contributed by atoms with E-state index in [0.717, 1.165) is 27.7 Å². The van der Waals surface area contributed by atoms with Gasteiger partial charge in [-0.1, -0.05) is 49.5 Å². The molecule has 0 heterocycles. The maximum absolute atomic E-state index is 13.3. The van der Waals surface area contributed by atoms with Crippen LogP contribution in [0.4, 0.5) is 8.78 Å². The normalized spacial score (nSPS) is 12.5. The number of hydrogen-bond donors (Lipinski definition) is 0. The van der Waals surface area contributed by atoms with E-state index >= 15 is 0 Å². The number of halogens is 5. The van der Waals surface area contributed by atoms with Crippen molar-refractivity contribution in [3.05, 3.63) is 68.2 Å². The van der Waals surface area contributed by atoms with Crippen molar-refractivity contribution in [3.63, 3.8) is 0 Å². The summed E-state index contributed by atoms with van der Waals surface area (Å²) >= 11 is 12.9. The average Bonchev–Trinajstić information content (AvgIpc) is 2.31. The lowest BCUT2D eigenvalue weighted by atomic mass is 10.0. The van der Waals surface area contributed by atoms with Crippen molar-refractivity contribution in [2.75, 3.05) is 0 Å². The van der Waals surface area contributed by atoms with Crippen molar-refractivity contribution in [3.8, 4) is 0 Å². The van der Waals surface area contributed by atoms with Crippen LogP contribution in [-0.4, -0.2) is 0 Å². The van der Waals surface area contributed by atoms with Gasteiger partial charge in [-0.2, -0.15) is 0 Å². The second-order valence-electron chi connectivity index (χ2n) is 4.21. The first kappa shape index (κ1) is 14.9. The molecule has 0 fully saturated rings. The molecule has 0 N–H and O–H groups in total. The molecule has 0 nitrogen and oxygen atoms in total. The SMILES string of the molecule is Cc1cc(Br)cc(C(Br)c2cc(F)c(F)cc2Cl)c1. The molecule has 2 aromatic carbocycles. The molecule has 0 spiro atoms. The molecule has 0 aliphatic heterocycles. The third-order valence-electron chi connectivity index (χ3n) is 2.67. The Kier molecular flexibility index (Phi) is 4.64. The number of hydrogen-bond acceptors (Lipinski definition) is 0. The minimum atomic E-state index is -0.945. The Morgan fingerprint density at radius 1 is 1.05 bits per heavy atom. The number of rotatable bonds is 2. The van der Waals surface area contributed by atoms with Crippen molar-refractivity contribution in [1.82, 2.24) is 0 Å². The highest BCUT2D eigenvalue weighted by molar-refractivity contribution is 9.10. The van der Waals surface area contributed by atoms with Crippen molar-refractivity contribution in [2.24, 2.45) is 0 Å². The summed E-state index contributed by atoms with van der Waals surface area (Å²) in [5, 5.41) is 0.193. The fourth-order valence-corrected chi connectivity index (χ4v) is 3.48. The summed E-state index contributed by atoms with van der Waals surface area (Å²) in [4.78, 5) is -0.300. The molecule has 1 atom stereocenters. The Hall–Kier alpha value is -0.450. The Labute approximate surface area is 132 Å².